The van der Waals surface area contributed by atoms with Gasteiger partial charge in [0, 0.05) is 5.56 Å². The summed E-state index contributed by atoms with van der Waals surface area (Å²) in [6.07, 6.45) is 0.607. The number of nitrogens with one attached hydrogen (secondary N) is 1. The Balaban J connectivity index is 2.43. The number of hydrogen-bond donors (Lipinski definition) is 2. The minimum absolute atomic E-state index is 0.0639. The van der Waals surface area contributed by atoms with Gasteiger partial charge < -0.3 is 0 Å². The van der Waals surface area contributed by atoms with Gasteiger partial charge in [-0.05, 0) is 30.5 Å². The normalized spacial score (nSPS) is 19.8. The van der Waals surface area contributed by atoms with Crippen LogP contribution in [0.1, 0.15) is 23.6 Å². The van der Waals surface area contributed by atoms with E-state index in [-0.39, 0.29) is 11.1 Å². The van der Waals surface area contributed by atoms with Gasteiger partial charge in [0.05, 0.1) is 6.04 Å². The molecule has 1 aromatic carbocycles. The molecule has 88 valence electrons. The van der Waals surface area contributed by atoms with Gasteiger partial charge in [-0.3, -0.25) is 0 Å². The molecule has 1 unspecified atom stereocenters. The van der Waals surface area contributed by atoms with Gasteiger partial charge in [-0.15, -0.1) is 0 Å². The summed E-state index contributed by atoms with van der Waals surface area (Å²) in [5.41, 5.74) is 0.287. The van der Waals surface area contributed by atoms with Crippen LogP contribution in [0.15, 0.2) is 12.1 Å². The molecule has 1 aliphatic rings. The first-order valence-electron chi connectivity index (χ1n) is 4.65. The van der Waals surface area contributed by atoms with Crippen molar-refractivity contribution in [1.29, 1.82) is 0 Å². The molecule has 0 aliphatic heterocycles. The van der Waals surface area contributed by atoms with Gasteiger partial charge in [-0.2, -0.15) is 13.1 Å². The maximum Gasteiger partial charge on any atom is 0.274 e. The van der Waals surface area contributed by atoms with Crippen LogP contribution in [-0.4, -0.2) is 8.42 Å². The standard InChI is InChI=1S/C9H10F2N2O2S/c10-6-2-3-7(11)9-5(6)1-4-8(9)13-16(12,14)15/h2-3,8,13H,1,4H2,(H2,12,14,15). The van der Waals surface area contributed by atoms with Gasteiger partial charge in [0.15, 0.2) is 0 Å². The molecular formula is C9H10F2N2O2S. The average molecular weight is 248 g/mol. The number of nitrogens with two attached hydrogens (primary N) is 1. The van der Waals surface area contributed by atoms with E-state index in [2.05, 4.69) is 4.72 Å². The van der Waals surface area contributed by atoms with E-state index in [9.17, 15) is 17.2 Å². The van der Waals surface area contributed by atoms with E-state index in [4.69, 9.17) is 5.14 Å². The van der Waals surface area contributed by atoms with E-state index in [1.54, 1.807) is 0 Å². The molecule has 0 saturated heterocycles. The quantitative estimate of drug-likeness (QED) is 0.810. The molecule has 0 spiro atoms. The minimum atomic E-state index is -3.92. The van der Waals surface area contributed by atoms with Crippen molar-refractivity contribution < 1.29 is 17.2 Å². The number of rotatable bonds is 2. The highest BCUT2D eigenvalue weighted by Gasteiger charge is 2.30. The highest BCUT2D eigenvalue weighted by Crippen LogP contribution is 2.34. The van der Waals surface area contributed by atoms with Crippen molar-refractivity contribution in [2.24, 2.45) is 5.14 Å². The number of halogens is 2. The topological polar surface area (TPSA) is 72.2 Å². The lowest BCUT2D eigenvalue weighted by Crippen LogP contribution is -2.33. The molecule has 0 heterocycles. The van der Waals surface area contributed by atoms with Crippen LogP contribution in [0.5, 0.6) is 0 Å². The van der Waals surface area contributed by atoms with E-state index in [1.165, 1.54) is 0 Å². The van der Waals surface area contributed by atoms with Gasteiger partial charge in [-0.25, -0.2) is 13.9 Å². The fourth-order valence-electron chi connectivity index (χ4n) is 1.99. The van der Waals surface area contributed by atoms with Crippen molar-refractivity contribution in [3.05, 3.63) is 34.9 Å². The zero-order valence-electron chi connectivity index (χ0n) is 8.20. The molecule has 0 radical (unpaired) electrons. The Labute approximate surface area is 91.6 Å². The molecule has 1 atom stereocenters. The Kier molecular flexibility index (Phi) is 2.69. The predicted octanol–water partition coefficient (Wildman–Crippen LogP) is 0.745. The summed E-state index contributed by atoms with van der Waals surface area (Å²) in [5.74, 6) is -1.13. The second-order valence-corrected chi connectivity index (χ2v) is 5.00. The molecule has 1 aliphatic carbocycles. The second-order valence-electron chi connectivity index (χ2n) is 3.68. The Morgan fingerprint density at radius 3 is 2.56 bits per heavy atom. The molecule has 0 bridgehead atoms. The van der Waals surface area contributed by atoms with Crippen LogP contribution >= 0.6 is 0 Å². The summed E-state index contributed by atoms with van der Waals surface area (Å²) in [6.45, 7) is 0. The van der Waals surface area contributed by atoms with E-state index in [1.807, 2.05) is 0 Å². The van der Waals surface area contributed by atoms with Crippen molar-refractivity contribution in [2.75, 3.05) is 0 Å². The van der Waals surface area contributed by atoms with Crippen LogP contribution in [0.3, 0.4) is 0 Å². The first-order valence-corrected chi connectivity index (χ1v) is 6.20. The Hall–Kier alpha value is -1.05. The molecule has 0 saturated carbocycles. The van der Waals surface area contributed by atoms with Crippen LogP contribution in [0, 0.1) is 11.6 Å². The van der Waals surface area contributed by atoms with Crippen LogP contribution < -0.4 is 9.86 Å². The average Bonchev–Trinajstić information content (AvgIpc) is 2.54. The monoisotopic (exact) mass is 248 g/mol. The SMILES string of the molecule is NS(=O)(=O)NC1CCc2c(F)ccc(F)c21. The third-order valence-corrected chi connectivity index (χ3v) is 3.20. The molecular weight excluding hydrogens is 238 g/mol. The number of benzene rings is 1. The highest BCUT2D eigenvalue weighted by atomic mass is 32.2. The van der Waals surface area contributed by atoms with Crippen molar-refractivity contribution in [3.63, 3.8) is 0 Å². The molecule has 4 nitrogen and oxygen atoms in total. The summed E-state index contributed by atoms with van der Waals surface area (Å²) < 4.78 is 50.5. The summed E-state index contributed by atoms with van der Waals surface area (Å²) in [5, 5.41) is 4.81. The number of fused-ring (bicyclic) bond motifs is 1. The van der Waals surface area contributed by atoms with E-state index in [0.717, 1.165) is 12.1 Å². The highest BCUT2D eigenvalue weighted by molar-refractivity contribution is 7.87. The zero-order chi connectivity index (χ0) is 11.9. The van der Waals surface area contributed by atoms with Crippen LogP contribution in [0.4, 0.5) is 8.78 Å². The van der Waals surface area contributed by atoms with Crippen molar-refractivity contribution in [3.8, 4) is 0 Å². The van der Waals surface area contributed by atoms with Gasteiger partial charge >= 0.3 is 0 Å². The number of hydrogen-bond acceptors (Lipinski definition) is 2. The van der Waals surface area contributed by atoms with Crippen molar-refractivity contribution in [1.82, 2.24) is 4.72 Å². The first kappa shape index (κ1) is 11.4. The van der Waals surface area contributed by atoms with Gasteiger partial charge in [0.1, 0.15) is 11.6 Å². The molecule has 0 amide bonds. The van der Waals surface area contributed by atoms with Crippen molar-refractivity contribution >= 4 is 10.2 Å². The second kappa shape index (κ2) is 3.76. The summed E-state index contributed by atoms with van der Waals surface area (Å²) >= 11 is 0. The Morgan fingerprint density at radius 2 is 1.94 bits per heavy atom. The third-order valence-electron chi connectivity index (χ3n) is 2.58. The lowest BCUT2D eigenvalue weighted by atomic mass is 10.1. The first-order chi connectivity index (χ1) is 7.38. The molecule has 0 aromatic heterocycles. The summed E-state index contributed by atoms with van der Waals surface area (Å²) in [4.78, 5) is 0. The van der Waals surface area contributed by atoms with E-state index in [0.29, 0.717) is 12.8 Å². The lowest BCUT2D eigenvalue weighted by Gasteiger charge is -2.12. The Morgan fingerprint density at radius 1 is 1.31 bits per heavy atom. The lowest BCUT2D eigenvalue weighted by molar-refractivity contribution is 0.537. The van der Waals surface area contributed by atoms with E-state index < -0.39 is 27.9 Å². The molecule has 2 rings (SSSR count). The van der Waals surface area contributed by atoms with Crippen LogP contribution in [0.25, 0.3) is 0 Å². The molecule has 0 fully saturated rings. The largest absolute Gasteiger partial charge is 0.274 e. The maximum absolute atomic E-state index is 13.5. The van der Waals surface area contributed by atoms with Gasteiger partial charge in [0.25, 0.3) is 10.2 Å². The smallest absolute Gasteiger partial charge is 0.216 e. The van der Waals surface area contributed by atoms with Crippen LogP contribution in [-0.2, 0) is 16.6 Å². The minimum Gasteiger partial charge on any atom is -0.216 e. The van der Waals surface area contributed by atoms with Crippen molar-refractivity contribution in [2.45, 2.75) is 18.9 Å². The maximum atomic E-state index is 13.5. The molecule has 16 heavy (non-hydrogen) atoms. The van der Waals surface area contributed by atoms with Gasteiger partial charge in [-0.1, -0.05) is 0 Å². The third kappa shape index (κ3) is 2.06. The van der Waals surface area contributed by atoms with E-state index >= 15 is 0 Å². The van der Waals surface area contributed by atoms with Gasteiger partial charge in [0.2, 0.25) is 0 Å². The Bertz CT molecular complexity index is 531. The predicted molar refractivity (Wildman–Crippen MR) is 53.7 cm³/mol. The van der Waals surface area contributed by atoms with Crippen LogP contribution in [0.2, 0.25) is 0 Å². The fraction of sp³-hybridized carbons (Fsp3) is 0.333. The molecule has 1 aromatic rings. The summed E-state index contributed by atoms with van der Waals surface area (Å²) in [6, 6.07) is 1.24. The fourth-order valence-corrected chi connectivity index (χ4v) is 2.62. The zero-order valence-corrected chi connectivity index (χ0v) is 9.02. The molecule has 3 N–H and O–H groups in total. The summed E-state index contributed by atoms with van der Waals surface area (Å²) in [7, 11) is -3.92. The molecule has 7 heteroatoms.